The summed E-state index contributed by atoms with van der Waals surface area (Å²) in [7, 11) is 0. The molecule has 0 aliphatic carbocycles. The quantitative estimate of drug-likeness (QED) is 0.794. The molecule has 2 fully saturated rings. The van der Waals surface area contributed by atoms with Crippen LogP contribution in [0.25, 0.3) is 0 Å². The predicted molar refractivity (Wildman–Crippen MR) is 120 cm³/mol. The van der Waals surface area contributed by atoms with Crippen molar-refractivity contribution in [2.45, 2.75) is 32.7 Å². The van der Waals surface area contributed by atoms with E-state index in [4.69, 9.17) is 0 Å². The largest absolute Gasteiger partial charge is 0.368 e. The molecule has 1 amide bonds. The van der Waals surface area contributed by atoms with Crippen molar-refractivity contribution >= 4 is 36.4 Å². The second kappa shape index (κ2) is 10.3. The fourth-order valence-electron chi connectivity index (χ4n) is 4.02. The minimum atomic E-state index is -0.00389. The lowest BCUT2D eigenvalue weighted by Gasteiger charge is -2.36. The molecule has 1 N–H and O–H groups in total. The van der Waals surface area contributed by atoms with Crippen molar-refractivity contribution in [1.82, 2.24) is 25.2 Å². The monoisotopic (exact) mass is 440 g/mol. The number of benzene rings is 1. The van der Waals surface area contributed by atoms with Crippen molar-refractivity contribution in [3.8, 4) is 0 Å². The van der Waals surface area contributed by atoms with Crippen molar-refractivity contribution in [2.75, 3.05) is 44.2 Å². The number of hydrogen-bond donors (Lipinski definition) is 1. The van der Waals surface area contributed by atoms with E-state index in [0.717, 1.165) is 39.0 Å². The molecule has 0 atom stereocenters. The van der Waals surface area contributed by atoms with Crippen LogP contribution < -0.4 is 10.2 Å². The van der Waals surface area contributed by atoms with Gasteiger partial charge in [0, 0.05) is 31.9 Å². The molecule has 0 bridgehead atoms. The zero-order valence-electron chi connectivity index (χ0n) is 17.0. The van der Waals surface area contributed by atoms with Crippen LogP contribution in [0.2, 0.25) is 0 Å². The van der Waals surface area contributed by atoms with Gasteiger partial charge < -0.3 is 15.1 Å². The number of halogens is 2. The van der Waals surface area contributed by atoms with E-state index in [0.29, 0.717) is 24.8 Å². The van der Waals surface area contributed by atoms with Crippen LogP contribution in [-0.2, 0) is 0 Å². The van der Waals surface area contributed by atoms with Crippen LogP contribution in [0.15, 0.2) is 24.4 Å². The van der Waals surface area contributed by atoms with Gasteiger partial charge in [-0.2, -0.15) is 0 Å². The van der Waals surface area contributed by atoms with Gasteiger partial charge in [0.2, 0.25) is 0 Å². The highest BCUT2D eigenvalue weighted by Crippen LogP contribution is 2.24. The van der Waals surface area contributed by atoms with E-state index in [1.54, 1.807) is 0 Å². The van der Waals surface area contributed by atoms with E-state index in [2.05, 4.69) is 52.6 Å². The fourth-order valence-corrected chi connectivity index (χ4v) is 4.02. The summed E-state index contributed by atoms with van der Waals surface area (Å²) in [6, 6.07) is 6.77. The van der Waals surface area contributed by atoms with Gasteiger partial charge in [-0.3, -0.25) is 4.79 Å². The summed E-state index contributed by atoms with van der Waals surface area (Å²) in [6.45, 7) is 9.42. The lowest BCUT2D eigenvalue weighted by Crippen LogP contribution is -2.49. The zero-order chi connectivity index (χ0) is 18.8. The highest BCUT2D eigenvalue weighted by Gasteiger charge is 2.26. The van der Waals surface area contributed by atoms with Gasteiger partial charge in [-0.25, -0.2) is 4.68 Å². The molecular formula is C20H30Cl2N6O. The molecule has 160 valence electrons. The first-order chi connectivity index (χ1) is 13.1. The van der Waals surface area contributed by atoms with Gasteiger partial charge in [-0.1, -0.05) is 17.3 Å². The van der Waals surface area contributed by atoms with Crippen molar-refractivity contribution in [2.24, 2.45) is 0 Å². The fraction of sp³-hybridized carbons (Fsp3) is 0.550. The van der Waals surface area contributed by atoms with E-state index in [9.17, 15) is 4.79 Å². The Labute approximate surface area is 184 Å². The summed E-state index contributed by atoms with van der Waals surface area (Å²) in [6.07, 6.45) is 3.90. The summed E-state index contributed by atoms with van der Waals surface area (Å²) in [5, 5.41) is 11.7. The Morgan fingerprint density at radius 1 is 1.07 bits per heavy atom. The number of nitrogens with one attached hydrogen (secondary N) is 1. The minimum absolute atomic E-state index is 0. The number of aryl methyl sites for hydroxylation is 1. The standard InChI is InChI=1S/C20H28N6O.2ClH/c1-15-4-3-5-19(16(15)2)24-10-12-25(13-11-24)20(27)18-14-26(23-22-18)17-6-8-21-9-7-17;;/h3-5,14,17,21H,6-13H2,1-2H3;2*1H. The summed E-state index contributed by atoms with van der Waals surface area (Å²) < 4.78 is 1.88. The Morgan fingerprint density at radius 3 is 2.45 bits per heavy atom. The second-order valence-corrected chi connectivity index (χ2v) is 7.56. The van der Waals surface area contributed by atoms with Gasteiger partial charge in [0.05, 0.1) is 12.2 Å². The molecule has 2 aliphatic heterocycles. The van der Waals surface area contributed by atoms with Crippen molar-refractivity contribution < 1.29 is 4.79 Å². The maximum Gasteiger partial charge on any atom is 0.276 e. The number of nitrogens with zero attached hydrogens (tertiary/aromatic N) is 5. The molecule has 29 heavy (non-hydrogen) atoms. The molecular weight excluding hydrogens is 411 g/mol. The van der Waals surface area contributed by atoms with E-state index >= 15 is 0 Å². The SMILES string of the molecule is Cc1cccc(N2CCN(C(=O)c3cn(C4CCNCC4)nn3)CC2)c1C.Cl.Cl. The maximum absolute atomic E-state index is 12.8. The van der Waals surface area contributed by atoms with E-state index < -0.39 is 0 Å². The number of rotatable bonds is 3. The predicted octanol–water partition coefficient (Wildman–Crippen LogP) is 2.63. The van der Waals surface area contributed by atoms with Crippen LogP contribution in [0.4, 0.5) is 5.69 Å². The maximum atomic E-state index is 12.8. The normalized spacial score (nSPS) is 17.4. The topological polar surface area (TPSA) is 66.3 Å². The molecule has 0 saturated carbocycles. The summed E-state index contributed by atoms with van der Waals surface area (Å²) in [5.74, 6) is -0.00389. The third-order valence-electron chi connectivity index (χ3n) is 5.90. The molecule has 0 spiro atoms. The van der Waals surface area contributed by atoms with Crippen LogP contribution in [0.3, 0.4) is 0 Å². The molecule has 2 saturated heterocycles. The average molecular weight is 441 g/mol. The molecule has 4 rings (SSSR count). The van der Waals surface area contributed by atoms with E-state index in [-0.39, 0.29) is 30.7 Å². The van der Waals surface area contributed by atoms with Crippen molar-refractivity contribution in [1.29, 1.82) is 0 Å². The second-order valence-electron chi connectivity index (χ2n) is 7.56. The van der Waals surface area contributed by atoms with Crippen LogP contribution in [0.1, 0.15) is 40.5 Å². The van der Waals surface area contributed by atoms with Gasteiger partial charge in [-0.15, -0.1) is 29.9 Å². The van der Waals surface area contributed by atoms with Gasteiger partial charge in [0.15, 0.2) is 5.69 Å². The smallest absolute Gasteiger partial charge is 0.276 e. The summed E-state index contributed by atoms with van der Waals surface area (Å²) >= 11 is 0. The number of carbonyl (C=O) groups excluding carboxylic acids is 1. The summed E-state index contributed by atoms with van der Waals surface area (Å²) in [4.78, 5) is 17.1. The highest BCUT2D eigenvalue weighted by molar-refractivity contribution is 5.92. The van der Waals surface area contributed by atoms with E-state index in [1.165, 1.54) is 16.8 Å². The molecule has 1 aromatic carbocycles. The lowest BCUT2D eigenvalue weighted by molar-refractivity contribution is 0.0740. The number of piperazine rings is 1. The Bertz CT molecular complexity index is 813. The lowest BCUT2D eigenvalue weighted by atomic mass is 10.1. The molecule has 2 aromatic rings. The molecule has 0 radical (unpaired) electrons. The minimum Gasteiger partial charge on any atom is -0.368 e. The Kier molecular flexibility index (Phi) is 8.31. The number of aromatic nitrogens is 3. The first-order valence-electron chi connectivity index (χ1n) is 9.86. The third-order valence-corrected chi connectivity index (χ3v) is 5.90. The molecule has 1 aromatic heterocycles. The molecule has 7 nitrogen and oxygen atoms in total. The average Bonchev–Trinajstić information content (AvgIpc) is 3.21. The number of amides is 1. The summed E-state index contributed by atoms with van der Waals surface area (Å²) in [5.41, 5.74) is 4.37. The number of piperidine rings is 1. The Hall–Kier alpha value is -1.83. The first-order valence-corrected chi connectivity index (χ1v) is 9.86. The number of carbonyl (C=O) groups is 1. The van der Waals surface area contributed by atoms with Gasteiger partial charge in [0.1, 0.15) is 0 Å². The number of hydrogen-bond acceptors (Lipinski definition) is 5. The van der Waals surface area contributed by atoms with Crippen LogP contribution in [0.5, 0.6) is 0 Å². The van der Waals surface area contributed by atoms with E-state index in [1.807, 2.05) is 15.8 Å². The zero-order valence-corrected chi connectivity index (χ0v) is 18.6. The van der Waals surface area contributed by atoms with Crippen LogP contribution in [0, 0.1) is 13.8 Å². The first kappa shape index (κ1) is 23.4. The molecule has 2 aliphatic rings. The Morgan fingerprint density at radius 2 is 1.76 bits per heavy atom. The van der Waals surface area contributed by atoms with Gasteiger partial charge in [-0.05, 0) is 57.0 Å². The Balaban J connectivity index is 0.00000150. The number of anilines is 1. The molecule has 3 heterocycles. The molecule has 9 heteroatoms. The van der Waals surface area contributed by atoms with Crippen LogP contribution in [-0.4, -0.2) is 65.1 Å². The van der Waals surface area contributed by atoms with Crippen LogP contribution >= 0.6 is 24.8 Å². The third kappa shape index (κ3) is 5.02. The van der Waals surface area contributed by atoms with Gasteiger partial charge >= 0.3 is 0 Å². The molecule has 0 unspecified atom stereocenters. The van der Waals surface area contributed by atoms with Gasteiger partial charge in [0.25, 0.3) is 5.91 Å². The van der Waals surface area contributed by atoms with Crippen molar-refractivity contribution in [3.05, 3.63) is 41.2 Å². The van der Waals surface area contributed by atoms with Crippen molar-refractivity contribution in [3.63, 3.8) is 0 Å². The highest BCUT2D eigenvalue weighted by atomic mass is 35.5.